The molecule has 2 fully saturated rings. The molecule has 7 N–H and O–H groups in total. The van der Waals surface area contributed by atoms with E-state index in [-0.39, 0.29) is 24.9 Å². The molecule has 2 heterocycles. The molecule has 2 aromatic rings. The van der Waals surface area contributed by atoms with Crippen LogP contribution in [0.25, 0.3) is 11.1 Å². The van der Waals surface area contributed by atoms with Crippen molar-refractivity contribution < 1.29 is 64.2 Å². The first-order valence-corrected chi connectivity index (χ1v) is 14.8. The van der Waals surface area contributed by atoms with Gasteiger partial charge >= 0.3 is 0 Å². The molecule has 0 aliphatic carbocycles. The van der Waals surface area contributed by atoms with E-state index in [2.05, 4.69) is 0 Å². The van der Waals surface area contributed by atoms with Crippen molar-refractivity contribution in [2.24, 2.45) is 0 Å². The van der Waals surface area contributed by atoms with Crippen LogP contribution in [0.4, 0.5) is 0 Å². The van der Waals surface area contributed by atoms with Crippen LogP contribution in [0.2, 0.25) is 0 Å². The van der Waals surface area contributed by atoms with Crippen LogP contribution in [0.1, 0.15) is 10.4 Å². The predicted molar refractivity (Wildman–Crippen MR) is 152 cm³/mol. The number of aliphatic hydroxyl groups is 7. The molecule has 4 rings (SSSR count). The standard InChI is InChI=1S/C29H38O13S/c30-14-19-21(32)23(34)24(35)29(41-19)42-26-22(33)20(15-31)40-28(25(26)36)39-11-10-38-12-13-43-27(37)18-8-6-17(7-9-18)16-4-2-1-3-5-16/h1-9,19-26,28-36H,10-15H2/t19-,20-,21+,22+,23+,24-,25-,26+,28+,29-/m1/s1. The average Bonchev–Trinajstić information content (AvgIpc) is 3.03. The van der Waals surface area contributed by atoms with Crippen molar-refractivity contribution in [3.8, 4) is 11.1 Å². The Balaban J connectivity index is 1.19. The SMILES string of the molecule is O=C(SCCOCCO[C@H]1O[C@H](CO)[C@H](O)[C@H](O[C@H]2O[C@H](CO)[C@H](O)[C@H](O)[C@H]2O)[C@H]1O)c1ccc(-c2ccccc2)cc1. The average molecular weight is 627 g/mol. The minimum atomic E-state index is -1.77. The van der Waals surface area contributed by atoms with E-state index in [0.717, 1.165) is 22.9 Å². The Morgan fingerprint density at radius 3 is 2.00 bits per heavy atom. The minimum absolute atomic E-state index is 0.0533. The second-order valence-corrected chi connectivity index (χ2v) is 11.1. The number of thioether (sulfide) groups is 1. The van der Waals surface area contributed by atoms with Gasteiger partial charge in [0.25, 0.3) is 0 Å². The fraction of sp³-hybridized carbons (Fsp3) is 0.552. The second kappa shape index (κ2) is 16.3. The molecule has 0 radical (unpaired) electrons. The Hall–Kier alpha value is -2.02. The summed E-state index contributed by atoms with van der Waals surface area (Å²) in [5, 5.41) is 70.5. The van der Waals surface area contributed by atoms with Gasteiger partial charge in [0.15, 0.2) is 12.6 Å². The van der Waals surface area contributed by atoms with E-state index in [0.29, 0.717) is 11.3 Å². The lowest BCUT2D eigenvalue weighted by Crippen LogP contribution is -2.64. The van der Waals surface area contributed by atoms with Gasteiger partial charge in [-0.05, 0) is 23.3 Å². The molecule has 0 spiro atoms. The van der Waals surface area contributed by atoms with Crippen LogP contribution in [0, 0.1) is 0 Å². The minimum Gasteiger partial charge on any atom is -0.394 e. The molecule has 238 valence electrons. The first kappa shape index (κ1) is 33.9. The van der Waals surface area contributed by atoms with Crippen LogP contribution >= 0.6 is 11.8 Å². The number of ether oxygens (including phenoxy) is 5. The van der Waals surface area contributed by atoms with Crippen LogP contribution in [0.3, 0.4) is 0 Å². The highest BCUT2D eigenvalue weighted by atomic mass is 32.2. The van der Waals surface area contributed by atoms with E-state index in [1.54, 1.807) is 12.1 Å². The van der Waals surface area contributed by atoms with E-state index >= 15 is 0 Å². The van der Waals surface area contributed by atoms with Crippen LogP contribution in [0.15, 0.2) is 54.6 Å². The second-order valence-electron chi connectivity index (χ2n) is 10.1. The first-order chi connectivity index (χ1) is 20.7. The number of aliphatic hydroxyl groups excluding tert-OH is 7. The molecule has 0 unspecified atom stereocenters. The Kier molecular flexibility index (Phi) is 12.9. The van der Waals surface area contributed by atoms with Gasteiger partial charge in [0.1, 0.15) is 48.8 Å². The van der Waals surface area contributed by atoms with Crippen LogP contribution in [-0.4, -0.2) is 141 Å². The Labute approximate surface area is 252 Å². The molecule has 13 nitrogen and oxygen atoms in total. The third kappa shape index (κ3) is 8.58. The smallest absolute Gasteiger partial charge is 0.219 e. The maximum absolute atomic E-state index is 12.5. The molecule has 2 saturated heterocycles. The topological polar surface area (TPSA) is 205 Å². The molecule has 0 aromatic heterocycles. The van der Waals surface area contributed by atoms with Crippen molar-refractivity contribution in [2.75, 3.05) is 38.8 Å². The van der Waals surface area contributed by atoms with Crippen molar-refractivity contribution in [3.63, 3.8) is 0 Å². The maximum Gasteiger partial charge on any atom is 0.219 e. The molecule has 10 atom stereocenters. The summed E-state index contributed by atoms with van der Waals surface area (Å²) in [7, 11) is 0. The Bertz CT molecular complexity index is 1120. The predicted octanol–water partition coefficient (Wildman–Crippen LogP) is -1.12. The summed E-state index contributed by atoms with van der Waals surface area (Å²) in [4.78, 5) is 12.5. The third-order valence-electron chi connectivity index (χ3n) is 7.16. The first-order valence-electron chi connectivity index (χ1n) is 13.9. The van der Waals surface area contributed by atoms with E-state index in [9.17, 15) is 40.5 Å². The molecule has 2 aliphatic rings. The number of carbonyl (C=O) groups is 1. The Morgan fingerprint density at radius 1 is 0.698 bits per heavy atom. The summed E-state index contributed by atoms with van der Waals surface area (Å²) >= 11 is 1.12. The maximum atomic E-state index is 12.5. The van der Waals surface area contributed by atoms with Gasteiger partial charge in [0.2, 0.25) is 5.12 Å². The van der Waals surface area contributed by atoms with Crippen molar-refractivity contribution in [3.05, 3.63) is 60.2 Å². The van der Waals surface area contributed by atoms with Crippen molar-refractivity contribution in [1.82, 2.24) is 0 Å². The fourth-order valence-electron chi connectivity index (χ4n) is 4.72. The molecule has 43 heavy (non-hydrogen) atoms. The van der Waals surface area contributed by atoms with Crippen molar-refractivity contribution in [1.29, 1.82) is 0 Å². The normalized spacial score (nSPS) is 32.9. The molecule has 2 aromatic carbocycles. The highest BCUT2D eigenvalue weighted by molar-refractivity contribution is 8.14. The van der Waals surface area contributed by atoms with Crippen molar-refractivity contribution in [2.45, 2.75) is 61.4 Å². The van der Waals surface area contributed by atoms with E-state index in [1.165, 1.54) is 0 Å². The quantitative estimate of drug-likeness (QED) is 0.132. The van der Waals surface area contributed by atoms with E-state index < -0.39 is 74.6 Å². The summed E-state index contributed by atoms with van der Waals surface area (Å²) in [6.45, 7) is -1.07. The molecule has 0 bridgehead atoms. The van der Waals surface area contributed by atoms with Gasteiger partial charge < -0.3 is 59.4 Å². The third-order valence-corrected chi connectivity index (χ3v) is 8.03. The van der Waals surface area contributed by atoms with Gasteiger partial charge in [0.05, 0.1) is 33.0 Å². The fourth-order valence-corrected chi connectivity index (χ4v) is 5.41. The number of benzene rings is 2. The lowest BCUT2D eigenvalue weighted by atomic mass is 9.97. The number of rotatable bonds is 13. The van der Waals surface area contributed by atoms with Crippen molar-refractivity contribution >= 4 is 16.9 Å². The van der Waals surface area contributed by atoms with Crippen LogP contribution in [0.5, 0.6) is 0 Å². The molecule has 14 heteroatoms. The van der Waals surface area contributed by atoms with Gasteiger partial charge in [-0.3, -0.25) is 4.79 Å². The number of hydrogen-bond donors (Lipinski definition) is 7. The molecule has 0 amide bonds. The number of carbonyl (C=O) groups excluding carboxylic acids is 1. The molecule has 0 saturated carbocycles. The van der Waals surface area contributed by atoms with Crippen LogP contribution in [-0.2, 0) is 23.7 Å². The molecular weight excluding hydrogens is 588 g/mol. The van der Waals surface area contributed by atoms with Gasteiger partial charge in [-0.1, -0.05) is 54.2 Å². The van der Waals surface area contributed by atoms with E-state index in [4.69, 9.17) is 23.7 Å². The van der Waals surface area contributed by atoms with Gasteiger partial charge in [-0.15, -0.1) is 0 Å². The molecular formula is C29H38O13S. The van der Waals surface area contributed by atoms with E-state index in [1.807, 2.05) is 42.5 Å². The zero-order valence-electron chi connectivity index (χ0n) is 23.2. The number of hydrogen-bond acceptors (Lipinski definition) is 14. The summed E-state index contributed by atoms with van der Waals surface area (Å²) in [6.07, 6.45) is -15.3. The molecule has 2 aliphatic heterocycles. The highest BCUT2D eigenvalue weighted by Gasteiger charge is 2.50. The van der Waals surface area contributed by atoms with Gasteiger partial charge in [-0.25, -0.2) is 0 Å². The lowest BCUT2D eigenvalue weighted by molar-refractivity contribution is -0.360. The summed E-state index contributed by atoms with van der Waals surface area (Å²) in [5.74, 6) is 0.398. The summed E-state index contributed by atoms with van der Waals surface area (Å²) < 4.78 is 27.3. The summed E-state index contributed by atoms with van der Waals surface area (Å²) in [6, 6.07) is 17.2. The summed E-state index contributed by atoms with van der Waals surface area (Å²) in [5.41, 5.74) is 2.66. The zero-order chi connectivity index (χ0) is 30.9. The van der Waals surface area contributed by atoms with Gasteiger partial charge in [-0.2, -0.15) is 0 Å². The largest absolute Gasteiger partial charge is 0.394 e. The Morgan fingerprint density at radius 2 is 1.33 bits per heavy atom. The zero-order valence-corrected chi connectivity index (χ0v) is 24.0. The van der Waals surface area contributed by atoms with Gasteiger partial charge in [0, 0.05) is 11.3 Å². The monoisotopic (exact) mass is 626 g/mol. The highest BCUT2D eigenvalue weighted by Crippen LogP contribution is 2.29. The lowest BCUT2D eigenvalue weighted by Gasteiger charge is -2.45. The van der Waals surface area contributed by atoms with Crippen LogP contribution < -0.4 is 0 Å².